The fourth-order valence-corrected chi connectivity index (χ4v) is 1.31. The molecule has 1 amide bonds. The van der Waals surface area contributed by atoms with E-state index in [9.17, 15) is 18.0 Å². The number of halogens is 3. The molecule has 0 atom stereocenters. The minimum Gasteiger partial charge on any atom is -0.444 e. The van der Waals surface area contributed by atoms with Gasteiger partial charge >= 0.3 is 12.1 Å². The number of carbonyl (C=O) groups excluding carboxylic acids is 1. The number of aromatic nitrogens is 1. The summed E-state index contributed by atoms with van der Waals surface area (Å²) in [6.07, 6.45) is -2.29. The molecule has 0 aliphatic carbocycles. The molecule has 0 unspecified atom stereocenters. The predicted octanol–water partition coefficient (Wildman–Crippen LogP) is 2.84. The maximum Gasteiger partial charge on any atom is 0.471 e. The standard InChI is InChI=1S/C11H7F3N2O2/c12-11(13,14)10(17)16-8-3-1-2-7(4-8)9-5-15-6-18-9/h1-6H,(H,16,17). The summed E-state index contributed by atoms with van der Waals surface area (Å²) in [4.78, 5) is 14.5. The lowest BCUT2D eigenvalue weighted by atomic mass is 10.1. The van der Waals surface area contributed by atoms with Gasteiger partial charge in [-0.2, -0.15) is 13.2 Å². The van der Waals surface area contributed by atoms with Crippen molar-refractivity contribution < 1.29 is 22.4 Å². The number of carbonyl (C=O) groups is 1. The molecule has 18 heavy (non-hydrogen) atoms. The van der Waals surface area contributed by atoms with Crippen LogP contribution in [-0.4, -0.2) is 17.1 Å². The summed E-state index contributed by atoms with van der Waals surface area (Å²) in [5, 5.41) is 1.76. The van der Waals surface area contributed by atoms with Gasteiger partial charge < -0.3 is 9.73 Å². The molecule has 4 nitrogen and oxygen atoms in total. The number of nitrogens with one attached hydrogen (secondary N) is 1. The first-order valence-electron chi connectivity index (χ1n) is 4.84. The number of anilines is 1. The van der Waals surface area contributed by atoms with Crippen LogP contribution in [0.5, 0.6) is 0 Å². The number of benzene rings is 1. The molecule has 0 spiro atoms. The van der Waals surface area contributed by atoms with Gasteiger partial charge in [-0.05, 0) is 12.1 Å². The topological polar surface area (TPSA) is 55.1 Å². The molecule has 0 radical (unpaired) electrons. The highest BCUT2D eigenvalue weighted by atomic mass is 19.4. The molecule has 0 aliphatic heterocycles. The monoisotopic (exact) mass is 256 g/mol. The smallest absolute Gasteiger partial charge is 0.444 e. The van der Waals surface area contributed by atoms with Gasteiger partial charge in [-0.1, -0.05) is 12.1 Å². The molecule has 2 rings (SSSR count). The molecule has 0 fully saturated rings. The average molecular weight is 256 g/mol. The average Bonchev–Trinajstić information content (AvgIpc) is 2.81. The van der Waals surface area contributed by atoms with E-state index in [4.69, 9.17) is 4.42 Å². The quantitative estimate of drug-likeness (QED) is 0.898. The first kappa shape index (κ1) is 12.2. The minimum atomic E-state index is -4.91. The molecule has 94 valence electrons. The zero-order valence-electron chi connectivity index (χ0n) is 8.86. The van der Waals surface area contributed by atoms with Gasteiger partial charge in [0, 0.05) is 11.3 Å². The summed E-state index contributed by atoms with van der Waals surface area (Å²) >= 11 is 0. The maximum absolute atomic E-state index is 12.1. The van der Waals surface area contributed by atoms with Crippen molar-refractivity contribution in [3.63, 3.8) is 0 Å². The summed E-state index contributed by atoms with van der Waals surface area (Å²) in [7, 11) is 0. The van der Waals surface area contributed by atoms with E-state index >= 15 is 0 Å². The van der Waals surface area contributed by atoms with E-state index in [1.54, 1.807) is 11.4 Å². The van der Waals surface area contributed by atoms with Crippen molar-refractivity contribution in [3.8, 4) is 11.3 Å². The molecule has 0 aliphatic rings. The molecule has 2 aromatic rings. The summed E-state index contributed by atoms with van der Waals surface area (Å²) in [5.74, 6) is -1.62. The minimum absolute atomic E-state index is 0.0335. The molecular formula is C11H7F3N2O2. The number of rotatable bonds is 2. The maximum atomic E-state index is 12.1. The molecule has 0 saturated heterocycles. The summed E-state index contributed by atoms with van der Waals surface area (Å²) < 4.78 is 41.2. The van der Waals surface area contributed by atoms with Crippen LogP contribution in [0.1, 0.15) is 0 Å². The Morgan fingerprint density at radius 1 is 1.33 bits per heavy atom. The Bertz CT molecular complexity index is 550. The third-order valence-corrected chi connectivity index (χ3v) is 2.09. The van der Waals surface area contributed by atoms with Crippen molar-refractivity contribution in [2.24, 2.45) is 0 Å². The second-order valence-corrected chi connectivity index (χ2v) is 3.40. The van der Waals surface area contributed by atoms with Crippen LogP contribution >= 0.6 is 0 Å². The van der Waals surface area contributed by atoms with Crippen LogP contribution in [0.3, 0.4) is 0 Å². The van der Waals surface area contributed by atoms with Gasteiger partial charge in [-0.25, -0.2) is 4.98 Å². The summed E-state index contributed by atoms with van der Waals surface area (Å²) in [6, 6.07) is 5.85. The molecule has 1 aromatic carbocycles. The van der Waals surface area contributed by atoms with E-state index in [-0.39, 0.29) is 5.69 Å². The lowest BCUT2D eigenvalue weighted by Gasteiger charge is -2.08. The van der Waals surface area contributed by atoms with Gasteiger partial charge in [0.05, 0.1) is 6.20 Å². The number of alkyl halides is 3. The van der Waals surface area contributed by atoms with E-state index in [1.807, 2.05) is 0 Å². The van der Waals surface area contributed by atoms with Crippen LogP contribution in [0.2, 0.25) is 0 Å². The van der Waals surface area contributed by atoms with Crippen molar-refractivity contribution in [1.82, 2.24) is 4.98 Å². The second kappa shape index (κ2) is 4.52. The van der Waals surface area contributed by atoms with Crippen molar-refractivity contribution in [2.75, 3.05) is 5.32 Å². The molecule has 1 N–H and O–H groups in total. The lowest BCUT2D eigenvalue weighted by molar-refractivity contribution is -0.167. The third-order valence-electron chi connectivity index (χ3n) is 2.09. The zero-order valence-corrected chi connectivity index (χ0v) is 8.86. The molecule has 1 heterocycles. The van der Waals surface area contributed by atoms with E-state index in [2.05, 4.69) is 4.98 Å². The van der Waals surface area contributed by atoms with Crippen LogP contribution in [0.4, 0.5) is 18.9 Å². The Balaban J connectivity index is 2.21. The Hall–Kier alpha value is -2.31. The first-order chi connectivity index (χ1) is 8.47. The van der Waals surface area contributed by atoms with Gasteiger partial charge in [-0.15, -0.1) is 0 Å². The van der Waals surface area contributed by atoms with Crippen LogP contribution < -0.4 is 5.32 Å². The Morgan fingerprint density at radius 2 is 2.11 bits per heavy atom. The van der Waals surface area contributed by atoms with Gasteiger partial charge in [0.1, 0.15) is 0 Å². The van der Waals surface area contributed by atoms with Crippen LogP contribution in [0.15, 0.2) is 41.3 Å². The molecule has 1 aromatic heterocycles. The Kier molecular flexibility index (Phi) is 3.05. The van der Waals surface area contributed by atoms with Crippen LogP contribution in [0.25, 0.3) is 11.3 Å². The third kappa shape index (κ3) is 2.68. The molecule has 7 heteroatoms. The summed E-state index contributed by atoms with van der Waals surface area (Å²) in [5.41, 5.74) is 0.554. The number of oxazole rings is 1. The summed E-state index contributed by atoms with van der Waals surface area (Å²) in [6.45, 7) is 0. The highest BCUT2D eigenvalue weighted by Crippen LogP contribution is 2.23. The van der Waals surface area contributed by atoms with E-state index in [1.165, 1.54) is 30.8 Å². The number of hydrogen-bond acceptors (Lipinski definition) is 3. The van der Waals surface area contributed by atoms with E-state index in [0.29, 0.717) is 11.3 Å². The SMILES string of the molecule is O=C(Nc1cccc(-c2cnco2)c1)C(F)(F)F. The van der Waals surface area contributed by atoms with Gasteiger partial charge in [0.25, 0.3) is 0 Å². The highest BCUT2D eigenvalue weighted by Gasteiger charge is 2.38. The Morgan fingerprint density at radius 3 is 2.72 bits per heavy atom. The normalized spacial score (nSPS) is 11.3. The fraction of sp³-hybridized carbons (Fsp3) is 0.0909. The second-order valence-electron chi connectivity index (χ2n) is 3.40. The van der Waals surface area contributed by atoms with Crippen LogP contribution in [-0.2, 0) is 4.79 Å². The van der Waals surface area contributed by atoms with Crippen molar-refractivity contribution >= 4 is 11.6 Å². The molecule has 0 saturated carbocycles. The largest absolute Gasteiger partial charge is 0.471 e. The molecule has 0 bridgehead atoms. The first-order valence-corrected chi connectivity index (χ1v) is 4.84. The zero-order chi connectivity index (χ0) is 13.2. The van der Waals surface area contributed by atoms with Crippen molar-refractivity contribution in [1.29, 1.82) is 0 Å². The van der Waals surface area contributed by atoms with E-state index < -0.39 is 12.1 Å². The number of nitrogens with zero attached hydrogens (tertiary/aromatic N) is 1. The van der Waals surface area contributed by atoms with Gasteiger partial charge in [0.15, 0.2) is 12.2 Å². The van der Waals surface area contributed by atoms with Crippen molar-refractivity contribution in [2.45, 2.75) is 6.18 Å². The van der Waals surface area contributed by atoms with Crippen molar-refractivity contribution in [3.05, 3.63) is 36.9 Å². The molecular weight excluding hydrogens is 249 g/mol. The highest BCUT2D eigenvalue weighted by molar-refractivity contribution is 5.95. The van der Waals surface area contributed by atoms with Crippen LogP contribution in [0, 0.1) is 0 Å². The fourth-order valence-electron chi connectivity index (χ4n) is 1.31. The predicted molar refractivity (Wildman–Crippen MR) is 56.6 cm³/mol. The number of amides is 1. The Labute approximate surface area is 99.4 Å². The lowest BCUT2D eigenvalue weighted by Crippen LogP contribution is -2.29. The van der Waals surface area contributed by atoms with Gasteiger partial charge in [-0.3, -0.25) is 4.79 Å². The number of hydrogen-bond donors (Lipinski definition) is 1. The van der Waals surface area contributed by atoms with E-state index in [0.717, 1.165) is 0 Å². The van der Waals surface area contributed by atoms with Gasteiger partial charge in [0.2, 0.25) is 0 Å².